The SMILES string of the molecule is OCc1cc(F)cc(SCc2ccccc2)c1F. The van der Waals surface area contributed by atoms with Gasteiger partial charge in [-0.05, 0) is 17.7 Å². The molecule has 18 heavy (non-hydrogen) atoms. The summed E-state index contributed by atoms with van der Waals surface area (Å²) < 4.78 is 27.0. The maximum Gasteiger partial charge on any atom is 0.142 e. The van der Waals surface area contributed by atoms with Gasteiger partial charge in [-0.25, -0.2) is 8.78 Å². The highest BCUT2D eigenvalue weighted by atomic mass is 32.2. The van der Waals surface area contributed by atoms with Crippen molar-refractivity contribution in [3.63, 3.8) is 0 Å². The van der Waals surface area contributed by atoms with Crippen LogP contribution in [0.1, 0.15) is 11.1 Å². The minimum absolute atomic E-state index is 0.00874. The van der Waals surface area contributed by atoms with E-state index in [1.807, 2.05) is 30.3 Å². The third kappa shape index (κ3) is 3.09. The molecule has 1 nitrogen and oxygen atoms in total. The Bertz CT molecular complexity index is 529. The first-order valence-corrected chi connectivity index (χ1v) is 6.45. The van der Waals surface area contributed by atoms with Crippen LogP contribution in [0, 0.1) is 11.6 Å². The molecule has 0 atom stereocenters. The van der Waals surface area contributed by atoms with Crippen LogP contribution in [0.3, 0.4) is 0 Å². The molecule has 0 aliphatic heterocycles. The highest BCUT2D eigenvalue weighted by Gasteiger charge is 2.11. The van der Waals surface area contributed by atoms with Gasteiger partial charge in [-0.1, -0.05) is 30.3 Å². The molecule has 2 aromatic carbocycles. The monoisotopic (exact) mass is 266 g/mol. The molecule has 0 bridgehead atoms. The first-order valence-electron chi connectivity index (χ1n) is 5.46. The zero-order chi connectivity index (χ0) is 13.0. The lowest BCUT2D eigenvalue weighted by Crippen LogP contribution is -1.95. The topological polar surface area (TPSA) is 20.2 Å². The van der Waals surface area contributed by atoms with Crippen LogP contribution in [0.4, 0.5) is 8.78 Å². The Balaban J connectivity index is 2.17. The fraction of sp³-hybridized carbons (Fsp3) is 0.143. The Morgan fingerprint density at radius 1 is 1.06 bits per heavy atom. The van der Waals surface area contributed by atoms with E-state index in [1.54, 1.807) is 0 Å². The quantitative estimate of drug-likeness (QED) is 0.850. The molecule has 94 valence electrons. The summed E-state index contributed by atoms with van der Waals surface area (Å²) in [7, 11) is 0. The Morgan fingerprint density at radius 2 is 1.78 bits per heavy atom. The normalized spacial score (nSPS) is 10.6. The van der Waals surface area contributed by atoms with Crippen LogP contribution in [0.5, 0.6) is 0 Å². The number of hydrogen-bond donors (Lipinski definition) is 1. The second-order valence-corrected chi connectivity index (χ2v) is 4.83. The number of halogens is 2. The van der Waals surface area contributed by atoms with E-state index in [0.29, 0.717) is 5.75 Å². The van der Waals surface area contributed by atoms with Crippen molar-refractivity contribution in [2.75, 3.05) is 0 Å². The van der Waals surface area contributed by atoms with Gasteiger partial charge >= 0.3 is 0 Å². The van der Waals surface area contributed by atoms with E-state index in [1.165, 1.54) is 11.8 Å². The van der Waals surface area contributed by atoms with Gasteiger partial charge in [-0.2, -0.15) is 0 Å². The lowest BCUT2D eigenvalue weighted by molar-refractivity contribution is 0.274. The fourth-order valence-corrected chi connectivity index (χ4v) is 2.54. The summed E-state index contributed by atoms with van der Waals surface area (Å²) in [5.74, 6) is -0.512. The number of benzene rings is 2. The second kappa shape index (κ2) is 5.98. The predicted octanol–water partition coefficient (Wildman–Crippen LogP) is 3.75. The number of aliphatic hydroxyl groups is 1. The lowest BCUT2D eigenvalue weighted by Gasteiger charge is -2.07. The molecule has 0 saturated heterocycles. The van der Waals surface area contributed by atoms with Crippen molar-refractivity contribution in [2.45, 2.75) is 17.3 Å². The predicted molar refractivity (Wildman–Crippen MR) is 68.3 cm³/mol. The number of hydrogen-bond acceptors (Lipinski definition) is 2. The molecule has 0 aromatic heterocycles. The average molecular weight is 266 g/mol. The van der Waals surface area contributed by atoms with Crippen molar-refractivity contribution in [1.82, 2.24) is 0 Å². The van der Waals surface area contributed by atoms with E-state index in [9.17, 15) is 8.78 Å². The number of aliphatic hydroxyl groups excluding tert-OH is 1. The first kappa shape index (κ1) is 13.1. The van der Waals surface area contributed by atoms with Crippen molar-refractivity contribution in [3.8, 4) is 0 Å². The third-order valence-corrected chi connectivity index (χ3v) is 3.57. The largest absolute Gasteiger partial charge is 0.392 e. The van der Waals surface area contributed by atoms with E-state index in [-0.39, 0.29) is 10.5 Å². The van der Waals surface area contributed by atoms with Crippen LogP contribution < -0.4 is 0 Å². The molecule has 2 rings (SSSR count). The van der Waals surface area contributed by atoms with Crippen molar-refractivity contribution in [3.05, 3.63) is 65.2 Å². The summed E-state index contributed by atoms with van der Waals surface area (Å²) in [5, 5.41) is 8.94. The lowest BCUT2D eigenvalue weighted by atomic mass is 10.2. The van der Waals surface area contributed by atoms with Gasteiger partial charge in [-0.3, -0.25) is 0 Å². The molecule has 0 amide bonds. The maximum absolute atomic E-state index is 13.8. The van der Waals surface area contributed by atoms with E-state index >= 15 is 0 Å². The van der Waals surface area contributed by atoms with E-state index in [0.717, 1.165) is 17.7 Å². The molecule has 0 unspecified atom stereocenters. The first-order chi connectivity index (χ1) is 8.70. The molecule has 2 aromatic rings. The van der Waals surface area contributed by atoms with Crippen molar-refractivity contribution in [1.29, 1.82) is 0 Å². The Morgan fingerprint density at radius 3 is 2.44 bits per heavy atom. The molecule has 0 aliphatic carbocycles. The molecule has 1 N–H and O–H groups in total. The summed E-state index contributed by atoms with van der Waals surface area (Å²) in [4.78, 5) is 0.225. The maximum atomic E-state index is 13.8. The molecule has 0 spiro atoms. The van der Waals surface area contributed by atoms with Crippen LogP contribution in [0.2, 0.25) is 0 Å². The van der Waals surface area contributed by atoms with Gasteiger partial charge < -0.3 is 5.11 Å². The Kier molecular flexibility index (Phi) is 4.33. The average Bonchev–Trinajstić information content (AvgIpc) is 2.40. The summed E-state index contributed by atoms with van der Waals surface area (Å²) >= 11 is 1.22. The Hall–Kier alpha value is -1.39. The van der Waals surface area contributed by atoms with E-state index in [2.05, 4.69) is 0 Å². The highest BCUT2D eigenvalue weighted by molar-refractivity contribution is 7.98. The van der Waals surface area contributed by atoms with Crippen molar-refractivity contribution in [2.24, 2.45) is 0 Å². The second-order valence-electron chi connectivity index (χ2n) is 3.81. The fourth-order valence-electron chi connectivity index (χ4n) is 1.57. The molecule has 0 aliphatic rings. The van der Waals surface area contributed by atoms with Crippen LogP contribution in [-0.2, 0) is 12.4 Å². The van der Waals surface area contributed by atoms with Crippen molar-refractivity contribution < 1.29 is 13.9 Å². The molecule has 0 radical (unpaired) electrons. The minimum atomic E-state index is -0.542. The van der Waals surface area contributed by atoms with E-state index < -0.39 is 18.2 Å². The van der Waals surface area contributed by atoms with Gasteiger partial charge in [0.05, 0.1) is 6.61 Å². The van der Waals surface area contributed by atoms with Crippen LogP contribution in [0.15, 0.2) is 47.4 Å². The van der Waals surface area contributed by atoms with E-state index in [4.69, 9.17) is 5.11 Å². The molecular weight excluding hydrogens is 254 g/mol. The van der Waals surface area contributed by atoms with Gasteiger partial charge in [0.25, 0.3) is 0 Å². The molecular formula is C14H12F2OS. The van der Waals surface area contributed by atoms with Crippen LogP contribution in [-0.4, -0.2) is 5.11 Å². The van der Waals surface area contributed by atoms with Crippen LogP contribution in [0.25, 0.3) is 0 Å². The van der Waals surface area contributed by atoms with Gasteiger partial charge in [-0.15, -0.1) is 11.8 Å². The van der Waals surface area contributed by atoms with Gasteiger partial charge in [0, 0.05) is 16.2 Å². The van der Waals surface area contributed by atoms with Crippen LogP contribution >= 0.6 is 11.8 Å². The Labute approximate surface area is 108 Å². The van der Waals surface area contributed by atoms with Crippen molar-refractivity contribution >= 4 is 11.8 Å². The molecule has 0 saturated carbocycles. The van der Waals surface area contributed by atoms with Gasteiger partial charge in [0.2, 0.25) is 0 Å². The molecule has 0 fully saturated rings. The molecule has 0 heterocycles. The minimum Gasteiger partial charge on any atom is -0.392 e. The number of thioether (sulfide) groups is 1. The summed E-state index contributed by atoms with van der Waals surface area (Å²) in [6.07, 6.45) is 0. The smallest absolute Gasteiger partial charge is 0.142 e. The summed E-state index contributed by atoms with van der Waals surface area (Å²) in [5.41, 5.74) is 1.03. The van der Waals surface area contributed by atoms with Gasteiger partial charge in [0.15, 0.2) is 0 Å². The van der Waals surface area contributed by atoms with Gasteiger partial charge in [0.1, 0.15) is 11.6 Å². The molecule has 4 heteroatoms. The third-order valence-electron chi connectivity index (χ3n) is 2.49. The summed E-state index contributed by atoms with van der Waals surface area (Å²) in [6.45, 7) is -0.498. The summed E-state index contributed by atoms with van der Waals surface area (Å²) in [6, 6.07) is 11.7. The zero-order valence-electron chi connectivity index (χ0n) is 9.57. The zero-order valence-corrected chi connectivity index (χ0v) is 10.4. The number of rotatable bonds is 4. The standard InChI is InChI=1S/C14H12F2OS/c15-12-6-11(8-17)14(16)13(7-12)18-9-10-4-2-1-3-5-10/h1-7,17H,8-9H2. The highest BCUT2D eigenvalue weighted by Crippen LogP contribution is 2.28.